The van der Waals surface area contributed by atoms with Crippen LogP contribution in [0.4, 0.5) is 16.2 Å². The van der Waals surface area contributed by atoms with Gasteiger partial charge in [-0.3, -0.25) is 0 Å². The summed E-state index contributed by atoms with van der Waals surface area (Å²) >= 11 is 0. The van der Waals surface area contributed by atoms with Crippen LogP contribution in [0, 0.1) is 0 Å². The van der Waals surface area contributed by atoms with Crippen LogP contribution in [0.15, 0.2) is 48.5 Å². The number of ether oxygens (including phenoxy) is 1. The Labute approximate surface area is 148 Å². The van der Waals surface area contributed by atoms with Gasteiger partial charge in [0.05, 0.1) is 17.9 Å². The molecule has 0 unspecified atom stereocenters. The van der Waals surface area contributed by atoms with Crippen molar-refractivity contribution in [2.45, 2.75) is 25.4 Å². The Hall–Kier alpha value is -2.69. The first kappa shape index (κ1) is 15.8. The van der Waals surface area contributed by atoms with Crippen LogP contribution in [-0.4, -0.2) is 31.8 Å². The maximum absolute atomic E-state index is 12.3. The molecule has 130 valence electrons. The number of carbonyl (C=O) groups is 1. The van der Waals surface area contributed by atoms with Gasteiger partial charge in [0, 0.05) is 19.5 Å². The number of fused-ring (bicyclic) bond motifs is 1. The van der Waals surface area contributed by atoms with E-state index in [9.17, 15) is 4.79 Å². The standard InChI is InChI=1S/C20H23N3O2/c24-20(21-14-16-13-15-7-1-4-10-19(15)25-16)22-17-8-2-3-9-18(17)23-11-5-6-12-23/h1-4,7-10,16H,5-6,11-14H2,(H2,21,22,24)/t16-/m1/s1. The molecule has 0 saturated carbocycles. The monoisotopic (exact) mass is 337 g/mol. The van der Waals surface area contributed by atoms with Crippen LogP contribution in [0.25, 0.3) is 0 Å². The summed E-state index contributed by atoms with van der Waals surface area (Å²) in [5.41, 5.74) is 3.16. The number of rotatable bonds is 4. The number of para-hydroxylation sites is 3. The van der Waals surface area contributed by atoms with Crippen molar-refractivity contribution in [1.82, 2.24) is 5.32 Å². The lowest BCUT2D eigenvalue weighted by molar-refractivity contribution is 0.219. The minimum atomic E-state index is -0.189. The molecule has 2 aliphatic heterocycles. The molecule has 5 heteroatoms. The molecular formula is C20H23N3O2. The van der Waals surface area contributed by atoms with Gasteiger partial charge >= 0.3 is 6.03 Å². The van der Waals surface area contributed by atoms with Crippen molar-refractivity contribution < 1.29 is 9.53 Å². The molecule has 1 fully saturated rings. The van der Waals surface area contributed by atoms with Gasteiger partial charge in [0.15, 0.2) is 0 Å². The van der Waals surface area contributed by atoms with Gasteiger partial charge in [-0.2, -0.15) is 0 Å². The van der Waals surface area contributed by atoms with Crippen molar-refractivity contribution in [1.29, 1.82) is 0 Å². The predicted molar refractivity (Wildman–Crippen MR) is 99.5 cm³/mol. The molecule has 2 heterocycles. The number of nitrogens with one attached hydrogen (secondary N) is 2. The molecule has 2 amide bonds. The fourth-order valence-corrected chi connectivity index (χ4v) is 3.55. The number of hydrogen-bond acceptors (Lipinski definition) is 3. The predicted octanol–water partition coefficient (Wildman–Crippen LogP) is 3.41. The van der Waals surface area contributed by atoms with Gasteiger partial charge < -0.3 is 20.3 Å². The molecule has 25 heavy (non-hydrogen) atoms. The lowest BCUT2D eigenvalue weighted by Crippen LogP contribution is -2.37. The van der Waals surface area contributed by atoms with Gasteiger partial charge in [0.25, 0.3) is 0 Å². The van der Waals surface area contributed by atoms with Crippen LogP contribution < -0.4 is 20.3 Å². The van der Waals surface area contributed by atoms with Crippen molar-refractivity contribution in [3.63, 3.8) is 0 Å². The fraction of sp³-hybridized carbons (Fsp3) is 0.350. The van der Waals surface area contributed by atoms with E-state index in [1.54, 1.807) is 0 Å². The topological polar surface area (TPSA) is 53.6 Å². The van der Waals surface area contributed by atoms with Gasteiger partial charge in [0.1, 0.15) is 11.9 Å². The van der Waals surface area contributed by atoms with Crippen molar-refractivity contribution in [3.05, 3.63) is 54.1 Å². The van der Waals surface area contributed by atoms with Gasteiger partial charge in [-0.05, 0) is 36.6 Å². The summed E-state index contributed by atoms with van der Waals surface area (Å²) in [5.74, 6) is 0.925. The average Bonchev–Trinajstić information content (AvgIpc) is 3.30. The molecule has 2 aromatic carbocycles. The third-order valence-corrected chi connectivity index (χ3v) is 4.80. The highest BCUT2D eigenvalue weighted by atomic mass is 16.5. The Bertz CT molecular complexity index is 731. The minimum Gasteiger partial charge on any atom is -0.488 e. The Morgan fingerprint density at radius 1 is 1.08 bits per heavy atom. The fourth-order valence-electron chi connectivity index (χ4n) is 3.55. The highest BCUT2D eigenvalue weighted by molar-refractivity contribution is 5.93. The third-order valence-electron chi connectivity index (χ3n) is 4.80. The molecule has 0 aliphatic carbocycles. The van der Waals surface area contributed by atoms with Gasteiger partial charge in [-0.25, -0.2) is 4.79 Å². The summed E-state index contributed by atoms with van der Waals surface area (Å²) in [6, 6.07) is 15.8. The molecule has 5 nitrogen and oxygen atoms in total. The van der Waals surface area contributed by atoms with Crippen LogP contribution >= 0.6 is 0 Å². The van der Waals surface area contributed by atoms with Crippen LogP contribution in [0.3, 0.4) is 0 Å². The van der Waals surface area contributed by atoms with Crippen LogP contribution in [0.2, 0.25) is 0 Å². The van der Waals surface area contributed by atoms with E-state index >= 15 is 0 Å². The maximum Gasteiger partial charge on any atom is 0.319 e. The molecule has 4 rings (SSSR count). The first-order chi connectivity index (χ1) is 12.3. The van der Waals surface area contributed by atoms with E-state index in [0.29, 0.717) is 6.54 Å². The molecule has 0 bridgehead atoms. The average molecular weight is 337 g/mol. The lowest BCUT2D eigenvalue weighted by atomic mass is 10.1. The highest BCUT2D eigenvalue weighted by Crippen LogP contribution is 2.29. The number of hydrogen-bond donors (Lipinski definition) is 2. The van der Waals surface area contributed by atoms with E-state index < -0.39 is 0 Å². The Morgan fingerprint density at radius 3 is 2.68 bits per heavy atom. The quantitative estimate of drug-likeness (QED) is 0.899. The lowest BCUT2D eigenvalue weighted by Gasteiger charge is -2.21. The summed E-state index contributed by atoms with van der Waals surface area (Å²) < 4.78 is 5.86. The van der Waals surface area contributed by atoms with E-state index in [0.717, 1.165) is 36.6 Å². The number of anilines is 2. The smallest absolute Gasteiger partial charge is 0.319 e. The van der Waals surface area contributed by atoms with E-state index in [4.69, 9.17) is 4.74 Å². The van der Waals surface area contributed by atoms with Crippen molar-refractivity contribution in [2.24, 2.45) is 0 Å². The number of benzene rings is 2. The summed E-state index contributed by atoms with van der Waals surface area (Å²) in [7, 11) is 0. The minimum absolute atomic E-state index is 0.00280. The second kappa shape index (κ2) is 7.05. The number of amides is 2. The second-order valence-corrected chi connectivity index (χ2v) is 6.60. The van der Waals surface area contributed by atoms with Crippen LogP contribution in [-0.2, 0) is 6.42 Å². The van der Waals surface area contributed by atoms with Crippen molar-refractivity contribution >= 4 is 17.4 Å². The van der Waals surface area contributed by atoms with Gasteiger partial charge in [-0.15, -0.1) is 0 Å². The molecular weight excluding hydrogens is 314 g/mol. The Morgan fingerprint density at radius 2 is 1.84 bits per heavy atom. The number of carbonyl (C=O) groups excluding carboxylic acids is 1. The zero-order valence-corrected chi connectivity index (χ0v) is 14.2. The largest absolute Gasteiger partial charge is 0.488 e. The zero-order valence-electron chi connectivity index (χ0n) is 14.2. The van der Waals surface area contributed by atoms with Gasteiger partial charge in [0.2, 0.25) is 0 Å². The van der Waals surface area contributed by atoms with E-state index in [2.05, 4.69) is 27.7 Å². The summed E-state index contributed by atoms with van der Waals surface area (Å²) in [4.78, 5) is 14.6. The molecule has 2 N–H and O–H groups in total. The number of urea groups is 1. The molecule has 0 aromatic heterocycles. The first-order valence-corrected chi connectivity index (χ1v) is 8.93. The van der Waals surface area contributed by atoms with E-state index in [1.807, 2.05) is 36.4 Å². The second-order valence-electron chi connectivity index (χ2n) is 6.60. The van der Waals surface area contributed by atoms with Crippen molar-refractivity contribution in [2.75, 3.05) is 29.9 Å². The Kier molecular flexibility index (Phi) is 4.46. The van der Waals surface area contributed by atoms with E-state index in [1.165, 1.54) is 18.4 Å². The van der Waals surface area contributed by atoms with Gasteiger partial charge in [-0.1, -0.05) is 30.3 Å². The van der Waals surface area contributed by atoms with Crippen LogP contribution in [0.5, 0.6) is 5.75 Å². The molecule has 0 radical (unpaired) electrons. The van der Waals surface area contributed by atoms with E-state index in [-0.39, 0.29) is 12.1 Å². The number of nitrogens with zero attached hydrogens (tertiary/aromatic N) is 1. The highest BCUT2D eigenvalue weighted by Gasteiger charge is 2.23. The molecule has 2 aromatic rings. The molecule has 0 spiro atoms. The SMILES string of the molecule is O=C(NC[C@H]1Cc2ccccc2O1)Nc1ccccc1N1CCCC1. The maximum atomic E-state index is 12.3. The molecule has 1 saturated heterocycles. The Balaban J connectivity index is 1.33. The normalized spacial score (nSPS) is 18.6. The zero-order chi connectivity index (χ0) is 17.1. The summed E-state index contributed by atoms with van der Waals surface area (Å²) in [5, 5.41) is 5.92. The first-order valence-electron chi connectivity index (χ1n) is 8.93. The van der Waals surface area contributed by atoms with Crippen molar-refractivity contribution in [3.8, 4) is 5.75 Å². The third kappa shape index (κ3) is 3.55. The molecule has 1 atom stereocenters. The summed E-state index contributed by atoms with van der Waals surface area (Å²) in [6.45, 7) is 2.59. The van der Waals surface area contributed by atoms with Crippen LogP contribution in [0.1, 0.15) is 18.4 Å². The molecule has 2 aliphatic rings. The summed E-state index contributed by atoms with van der Waals surface area (Å²) in [6.07, 6.45) is 3.25.